The third kappa shape index (κ3) is 17.8. The zero-order chi connectivity index (χ0) is 22.9. The molecule has 0 fully saturated rings. The van der Waals surface area contributed by atoms with Crippen LogP contribution in [-0.2, 0) is 38.1 Å². The Bertz CT molecular complexity index is 490. The second kappa shape index (κ2) is 16.5. The summed E-state index contributed by atoms with van der Waals surface area (Å²) in [5.41, 5.74) is 0. The Balaban J connectivity index is 3.71. The average Bonchev–Trinajstić information content (AvgIpc) is 2.67. The first kappa shape index (κ1) is 27.7. The summed E-state index contributed by atoms with van der Waals surface area (Å²) in [5, 5.41) is 45.6. The van der Waals surface area contributed by atoms with Crippen LogP contribution in [0.3, 0.4) is 0 Å². The summed E-state index contributed by atoms with van der Waals surface area (Å²) in [4.78, 5) is 43.0. The van der Waals surface area contributed by atoms with Crippen molar-refractivity contribution in [2.45, 2.75) is 44.0 Å². The zero-order valence-electron chi connectivity index (χ0n) is 16.3. The molecule has 0 bridgehead atoms. The van der Waals surface area contributed by atoms with Crippen LogP contribution in [0.15, 0.2) is 0 Å². The Hall–Kier alpha value is -2.32. The van der Waals surface area contributed by atoms with Gasteiger partial charge in [-0.25, -0.2) is 0 Å². The van der Waals surface area contributed by atoms with Crippen molar-refractivity contribution in [2.75, 3.05) is 39.6 Å². The van der Waals surface area contributed by atoms with Gasteiger partial charge in [0.05, 0.1) is 52.1 Å². The zero-order valence-corrected chi connectivity index (χ0v) is 16.3. The number of rotatable bonds is 18. The number of esters is 2. The maximum Gasteiger partial charge on any atom is 0.306 e. The Morgan fingerprint density at radius 2 is 0.833 bits per heavy atom. The van der Waals surface area contributed by atoms with Crippen LogP contribution in [0.5, 0.6) is 0 Å². The molecule has 0 aliphatic carbocycles. The number of aliphatic hydroxyl groups excluding tert-OH is 3. The Kier molecular flexibility index (Phi) is 15.2. The van der Waals surface area contributed by atoms with E-state index in [1.807, 2.05) is 0 Å². The minimum Gasteiger partial charge on any atom is -0.481 e. The highest BCUT2D eigenvalue weighted by Crippen LogP contribution is 1.98. The first-order valence-electron chi connectivity index (χ1n) is 9.04. The van der Waals surface area contributed by atoms with Gasteiger partial charge in [-0.3, -0.25) is 19.2 Å². The quantitative estimate of drug-likeness (QED) is 0.145. The van der Waals surface area contributed by atoms with Crippen molar-refractivity contribution in [1.82, 2.24) is 0 Å². The van der Waals surface area contributed by atoms with Crippen LogP contribution < -0.4 is 0 Å². The fourth-order valence-electron chi connectivity index (χ4n) is 1.77. The largest absolute Gasteiger partial charge is 0.481 e. The van der Waals surface area contributed by atoms with Gasteiger partial charge >= 0.3 is 23.9 Å². The Morgan fingerprint density at radius 3 is 1.13 bits per heavy atom. The second-order valence-corrected chi connectivity index (χ2v) is 6.19. The monoisotopic (exact) mass is 440 g/mol. The van der Waals surface area contributed by atoms with Gasteiger partial charge in [0.25, 0.3) is 0 Å². The van der Waals surface area contributed by atoms with E-state index in [4.69, 9.17) is 19.7 Å². The molecule has 5 N–H and O–H groups in total. The molecule has 0 aromatic rings. The summed E-state index contributed by atoms with van der Waals surface area (Å²) < 4.78 is 19.4. The number of ether oxygens (including phenoxy) is 4. The maximum absolute atomic E-state index is 11.2. The molecular weight excluding hydrogens is 412 g/mol. The van der Waals surface area contributed by atoms with Gasteiger partial charge < -0.3 is 44.5 Å². The van der Waals surface area contributed by atoms with Crippen LogP contribution in [0.25, 0.3) is 0 Å². The summed E-state index contributed by atoms with van der Waals surface area (Å²) >= 11 is 0. The number of hydrogen-bond acceptors (Lipinski definition) is 11. The highest BCUT2D eigenvalue weighted by Gasteiger charge is 2.14. The molecule has 0 saturated heterocycles. The number of hydrogen-bond donors (Lipinski definition) is 5. The minimum absolute atomic E-state index is 0.218. The lowest BCUT2D eigenvalue weighted by molar-refractivity contribution is -0.151. The average molecular weight is 440 g/mol. The number of aliphatic hydroxyl groups is 3. The standard InChI is InChI=1S/C17H28O13/c18-11(5-27-7-12(19)9-29-16(25)3-1-14(21)22)6-28-8-13(20)10-30-17(26)4-2-15(23)24/h11-13,18-20H,1-10H2,(H,21,22)(H,23,24). The molecule has 13 heteroatoms. The van der Waals surface area contributed by atoms with Gasteiger partial charge in [-0.1, -0.05) is 0 Å². The third-order valence-electron chi connectivity index (χ3n) is 3.20. The highest BCUT2D eigenvalue weighted by atomic mass is 16.6. The molecule has 13 nitrogen and oxygen atoms in total. The molecule has 174 valence electrons. The summed E-state index contributed by atoms with van der Waals surface area (Å²) in [6.45, 7) is -1.71. The lowest BCUT2D eigenvalue weighted by Gasteiger charge is -2.16. The van der Waals surface area contributed by atoms with E-state index >= 15 is 0 Å². The van der Waals surface area contributed by atoms with Gasteiger partial charge in [0.2, 0.25) is 0 Å². The van der Waals surface area contributed by atoms with Crippen LogP contribution in [0, 0.1) is 0 Å². The van der Waals surface area contributed by atoms with Crippen molar-refractivity contribution in [3.05, 3.63) is 0 Å². The van der Waals surface area contributed by atoms with E-state index in [-0.39, 0.29) is 65.3 Å². The fraction of sp³-hybridized carbons (Fsp3) is 0.765. The number of aliphatic carboxylic acids is 2. The lowest BCUT2D eigenvalue weighted by Crippen LogP contribution is -2.30. The van der Waals surface area contributed by atoms with Gasteiger partial charge in [-0.15, -0.1) is 0 Å². The molecule has 0 aromatic heterocycles. The molecule has 0 aliphatic heterocycles. The Morgan fingerprint density at radius 1 is 0.533 bits per heavy atom. The molecule has 2 atom stereocenters. The van der Waals surface area contributed by atoms with E-state index in [9.17, 15) is 34.5 Å². The van der Waals surface area contributed by atoms with Crippen LogP contribution >= 0.6 is 0 Å². The molecule has 0 aromatic carbocycles. The van der Waals surface area contributed by atoms with Crippen molar-refractivity contribution in [2.24, 2.45) is 0 Å². The van der Waals surface area contributed by atoms with Crippen molar-refractivity contribution in [1.29, 1.82) is 0 Å². The molecule has 0 heterocycles. The predicted molar refractivity (Wildman–Crippen MR) is 95.3 cm³/mol. The van der Waals surface area contributed by atoms with Gasteiger partial charge in [0.1, 0.15) is 31.5 Å². The van der Waals surface area contributed by atoms with Gasteiger partial charge in [0, 0.05) is 0 Å². The minimum atomic E-state index is -1.16. The van der Waals surface area contributed by atoms with E-state index in [1.165, 1.54) is 0 Å². The van der Waals surface area contributed by atoms with E-state index in [0.29, 0.717) is 0 Å². The van der Waals surface area contributed by atoms with Crippen molar-refractivity contribution >= 4 is 23.9 Å². The predicted octanol–water partition coefficient (Wildman–Crippen LogP) is -2.08. The first-order valence-corrected chi connectivity index (χ1v) is 9.04. The smallest absolute Gasteiger partial charge is 0.306 e. The first-order chi connectivity index (χ1) is 14.1. The molecule has 2 unspecified atom stereocenters. The molecule has 0 aliphatic rings. The number of carboxylic acids is 2. The molecule has 0 saturated carbocycles. The molecule has 0 rings (SSSR count). The topological polar surface area (TPSA) is 206 Å². The summed E-state index contributed by atoms with van der Waals surface area (Å²) in [6.07, 6.45) is -4.79. The summed E-state index contributed by atoms with van der Waals surface area (Å²) in [7, 11) is 0. The van der Waals surface area contributed by atoms with Gasteiger partial charge in [0.15, 0.2) is 0 Å². The van der Waals surface area contributed by atoms with E-state index < -0.39 is 42.2 Å². The van der Waals surface area contributed by atoms with Crippen molar-refractivity contribution in [3.63, 3.8) is 0 Å². The summed E-state index contributed by atoms with van der Waals surface area (Å²) in [5.74, 6) is -3.82. The van der Waals surface area contributed by atoms with Gasteiger partial charge in [-0.2, -0.15) is 0 Å². The van der Waals surface area contributed by atoms with Crippen molar-refractivity contribution < 1.29 is 63.7 Å². The number of carboxylic acid groups (broad SMARTS) is 2. The molecule has 0 amide bonds. The van der Waals surface area contributed by atoms with Crippen molar-refractivity contribution in [3.8, 4) is 0 Å². The SMILES string of the molecule is O=C(O)CCC(=O)OCC(O)COCC(O)COCC(O)COC(=O)CCC(=O)O. The van der Waals surface area contributed by atoms with Crippen LogP contribution in [-0.4, -0.2) is 107 Å². The molecule has 30 heavy (non-hydrogen) atoms. The van der Waals surface area contributed by atoms with E-state index in [2.05, 4.69) is 9.47 Å². The third-order valence-corrected chi connectivity index (χ3v) is 3.20. The summed E-state index contributed by atoms with van der Waals surface area (Å²) in [6, 6.07) is 0. The number of carbonyl (C=O) groups is 4. The van der Waals surface area contributed by atoms with Gasteiger partial charge in [-0.05, 0) is 0 Å². The highest BCUT2D eigenvalue weighted by molar-refractivity contribution is 5.77. The fourth-order valence-corrected chi connectivity index (χ4v) is 1.77. The molecular formula is C17H28O13. The maximum atomic E-state index is 11.2. The molecule has 0 radical (unpaired) electrons. The lowest BCUT2D eigenvalue weighted by atomic mass is 10.3. The van der Waals surface area contributed by atoms with Crippen LogP contribution in [0.1, 0.15) is 25.7 Å². The van der Waals surface area contributed by atoms with E-state index in [0.717, 1.165) is 0 Å². The van der Waals surface area contributed by atoms with E-state index in [1.54, 1.807) is 0 Å². The number of carbonyl (C=O) groups excluding carboxylic acids is 2. The second-order valence-electron chi connectivity index (χ2n) is 6.19. The van der Waals surface area contributed by atoms with Crippen LogP contribution in [0.4, 0.5) is 0 Å². The normalized spacial score (nSPS) is 13.8. The van der Waals surface area contributed by atoms with Crippen LogP contribution in [0.2, 0.25) is 0 Å². The Labute approximate surface area is 172 Å². The molecule has 0 spiro atoms.